The van der Waals surface area contributed by atoms with Crippen molar-refractivity contribution in [1.29, 1.82) is 10.8 Å². The predicted octanol–water partition coefficient (Wildman–Crippen LogP) is 4.00. The van der Waals surface area contributed by atoms with E-state index in [-0.39, 0.29) is 0 Å². The van der Waals surface area contributed by atoms with E-state index in [9.17, 15) is 0 Å². The Balaban J connectivity index is 0.00000163. The lowest BCUT2D eigenvalue weighted by Gasteiger charge is -2.22. The third-order valence-corrected chi connectivity index (χ3v) is 4.62. The summed E-state index contributed by atoms with van der Waals surface area (Å²) < 4.78 is 0. The lowest BCUT2D eigenvalue weighted by Crippen LogP contribution is -2.31. The Hall–Kier alpha value is -2.57. The van der Waals surface area contributed by atoms with Gasteiger partial charge in [0.05, 0.1) is 11.7 Å². The van der Waals surface area contributed by atoms with E-state index in [4.69, 9.17) is 16.6 Å². The summed E-state index contributed by atoms with van der Waals surface area (Å²) in [6, 6.07) is 15.9. The van der Waals surface area contributed by atoms with Gasteiger partial charge in [-0.15, -0.1) is 0 Å². The molecule has 0 amide bonds. The summed E-state index contributed by atoms with van der Waals surface area (Å²) in [5, 5.41) is 17.5. The summed E-state index contributed by atoms with van der Waals surface area (Å²) in [7, 11) is 1.94. The van der Waals surface area contributed by atoms with Gasteiger partial charge in [0.25, 0.3) is 0 Å². The molecule has 0 aromatic heterocycles. The van der Waals surface area contributed by atoms with Crippen molar-refractivity contribution >= 4 is 34.9 Å². The van der Waals surface area contributed by atoms with Gasteiger partial charge in [0.1, 0.15) is 0 Å². The zero-order valence-corrected chi connectivity index (χ0v) is 16.2. The molecule has 26 heavy (non-hydrogen) atoms. The number of nitrogens with two attached hydrogens (primary N) is 1. The molecule has 0 bridgehead atoms. The monoisotopic (exact) mass is 369 g/mol. The maximum absolute atomic E-state index is 8.30. The van der Waals surface area contributed by atoms with E-state index in [0.717, 1.165) is 34.9 Å². The molecule has 0 saturated heterocycles. The molecule has 6 heteroatoms. The minimum atomic E-state index is 0.525. The van der Waals surface area contributed by atoms with Gasteiger partial charge >= 0.3 is 0 Å². The molecule has 0 aliphatic carbocycles. The first kappa shape index (κ1) is 21.5. The van der Waals surface area contributed by atoms with Crippen LogP contribution in [0.25, 0.3) is 5.70 Å². The topological polar surface area (TPSA) is 89.0 Å². The zero-order valence-electron chi connectivity index (χ0n) is 15.4. The second kappa shape index (κ2) is 11.1. The fourth-order valence-corrected chi connectivity index (χ4v) is 3.08. The van der Waals surface area contributed by atoms with Crippen LogP contribution in [0.1, 0.15) is 18.1 Å². The number of nitrogens with zero attached hydrogens (tertiary/aromatic N) is 1. The number of anilines is 1. The smallest absolute Gasteiger partial charge is 0.0990 e. The third-order valence-electron chi connectivity index (χ3n) is 3.67. The normalized spacial score (nSPS) is 9.77. The second-order valence-corrected chi connectivity index (χ2v) is 6.48. The van der Waals surface area contributed by atoms with Crippen LogP contribution < -0.4 is 16.0 Å². The molecule has 2 rings (SSSR count). The second-order valence-electron chi connectivity index (χ2n) is 5.40. The summed E-state index contributed by atoms with van der Waals surface area (Å²) in [6.45, 7) is 10.1. The molecular formula is C20H27N5S. The minimum Gasteiger partial charge on any atom is -0.399 e. The lowest BCUT2D eigenvalue weighted by atomic mass is 10.2. The number of rotatable bonds is 7. The van der Waals surface area contributed by atoms with Crippen molar-refractivity contribution in [3.8, 4) is 0 Å². The standard InChI is InChI=1S/C19H24N4S.CH3N/c1-4-23(13-22-3)17-9-5-16(6-10-17)19(21)24-18-11-7-15(8-12-18)14(2)20;1-2/h5-12,21-22H,2,4,13,20H2,1,3H3;2H,1H2. The van der Waals surface area contributed by atoms with E-state index in [1.165, 1.54) is 11.8 Å². The summed E-state index contributed by atoms with van der Waals surface area (Å²) in [4.78, 5) is 3.25. The summed E-state index contributed by atoms with van der Waals surface area (Å²) in [5.41, 5.74) is 9.21. The van der Waals surface area contributed by atoms with E-state index < -0.39 is 0 Å². The van der Waals surface area contributed by atoms with E-state index >= 15 is 0 Å². The first-order valence-electron chi connectivity index (χ1n) is 8.21. The number of benzene rings is 2. The van der Waals surface area contributed by atoms with Gasteiger partial charge in [-0.1, -0.05) is 42.6 Å². The van der Waals surface area contributed by atoms with E-state index in [2.05, 4.69) is 42.6 Å². The molecule has 138 valence electrons. The third kappa shape index (κ3) is 6.06. The molecule has 5 N–H and O–H groups in total. The predicted molar refractivity (Wildman–Crippen MR) is 116 cm³/mol. The Labute approximate surface area is 160 Å². The Bertz CT molecular complexity index is 710. The minimum absolute atomic E-state index is 0.525. The molecule has 0 fully saturated rings. The molecule has 0 atom stereocenters. The molecule has 0 aliphatic heterocycles. The Morgan fingerprint density at radius 2 is 1.62 bits per heavy atom. The van der Waals surface area contributed by atoms with Gasteiger partial charge in [0, 0.05) is 28.4 Å². The Morgan fingerprint density at radius 3 is 2.08 bits per heavy atom. The Kier molecular flexibility index (Phi) is 9.19. The van der Waals surface area contributed by atoms with E-state index in [1.807, 2.05) is 43.4 Å². The number of nitrogens with one attached hydrogen (secondary N) is 3. The summed E-state index contributed by atoms with van der Waals surface area (Å²) in [5.74, 6) is 0. The average Bonchev–Trinajstić information content (AvgIpc) is 2.68. The highest BCUT2D eigenvalue weighted by atomic mass is 32.2. The van der Waals surface area contributed by atoms with Gasteiger partial charge in [-0.25, -0.2) is 0 Å². The highest BCUT2D eigenvalue weighted by Crippen LogP contribution is 2.25. The number of hydrogen-bond acceptors (Lipinski definition) is 6. The van der Waals surface area contributed by atoms with Crippen LogP contribution in [0.4, 0.5) is 5.69 Å². The van der Waals surface area contributed by atoms with Crippen LogP contribution in [0.2, 0.25) is 0 Å². The highest BCUT2D eigenvalue weighted by molar-refractivity contribution is 8.14. The van der Waals surface area contributed by atoms with Gasteiger partial charge in [-0.3, -0.25) is 5.41 Å². The number of thioether (sulfide) groups is 1. The van der Waals surface area contributed by atoms with Crippen LogP contribution in [0.15, 0.2) is 60.0 Å². The van der Waals surface area contributed by atoms with Gasteiger partial charge in [-0.2, -0.15) is 0 Å². The van der Waals surface area contributed by atoms with Gasteiger partial charge < -0.3 is 21.4 Å². The van der Waals surface area contributed by atoms with Crippen molar-refractivity contribution < 1.29 is 0 Å². The summed E-state index contributed by atoms with van der Waals surface area (Å²) in [6.07, 6.45) is 0. The van der Waals surface area contributed by atoms with Gasteiger partial charge in [-0.05, 0) is 50.5 Å². The quantitative estimate of drug-likeness (QED) is 0.257. The summed E-state index contributed by atoms with van der Waals surface area (Å²) >= 11 is 1.43. The lowest BCUT2D eigenvalue weighted by molar-refractivity contribution is 0.733. The molecule has 0 unspecified atom stereocenters. The SMILES string of the molecule is C=C(N)c1ccc(SC(=N)c2ccc(N(CC)CNC)cc2)cc1.C=N. The van der Waals surface area contributed by atoms with Gasteiger partial charge in [0.2, 0.25) is 0 Å². The van der Waals surface area contributed by atoms with Crippen LogP contribution in [-0.4, -0.2) is 32.0 Å². The number of hydrogen-bond donors (Lipinski definition) is 4. The maximum atomic E-state index is 8.30. The van der Waals surface area contributed by atoms with E-state index in [0.29, 0.717) is 10.7 Å². The van der Waals surface area contributed by atoms with E-state index in [1.54, 1.807) is 0 Å². The molecule has 2 aromatic rings. The van der Waals surface area contributed by atoms with Crippen LogP contribution in [0.3, 0.4) is 0 Å². The fourth-order valence-electron chi connectivity index (χ4n) is 2.31. The van der Waals surface area contributed by atoms with Crippen LogP contribution in [0, 0.1) is 10.8 Å². The highest BCUT2D eigenvalue weighted by Gasteiger charge is 2.07. The van der Waals surface area contributed by atoms with Crippen molar-refractivity contribution in [2.75, 3.05) is 25.2 Å². The molecular weight excluding hydrogens is 342 g/mol. The van der Waals surface area contributed by atoms with Crippen molar-refractivity contribution in [1.82, 2.24) is 5.32 Å². The van der Waals surface area contributed by atoms with Crippen LogP contribution in [-0.2, 0) is 0 Å². The Morgan fingerprint density at radius 1 is 1.08 bits per heavy atom. The maximum Gasteiger partial charge on any atom is 0.0990 e. The molecule has 0 spiro atoms. The average molecular weight is 370 g/mol. The first-order chi connectivity index (χ1) is 12.5. The first-order valence-corrected chi connectivity index (χ1v) is 9.03. The van der Waals surface area contributed by atoms with Crippen molar-refractivity contribution in [2.24, 2.45) is 5.73 Å². The molecule has 0 radical (unpaired) electrons. The van der Waals surface area contributed by atoms with Gasteiger partial charge in [0.15, 0.2) is 0 Å². The molecule has 0 aliphatic rings. The molecule has 5 nitrogen and oxygen atoms in total. The van der Waals surface area contributed by atoms with Crippen molar-refractivity contribution in [3.63, 3.8) is 0 Å². The molecule has 0 saturated carbocycles. The molecule has 2 aromatic carbocycles. The largest absolute Gasteiger partial charge is 0.399 e. The fraction of sp³-hybridized carbons (Fsp3) is 0.200. The van der Waals surface area contributed by atoms with Crippen molar-refractivity contribution in [3.05, 3.63) is 66.2 Å². The van der Waals surface area contributed by atoms with Crippen LogP contribution in [0.5, 0.6) is 0 Å². The van der Waals surface area contributed by atoms with Crippen molar-refractivity contribution in [2.45, 2.75) is 11.8 Å². The zero-order chi connectivity index (χ0) is 19.5. The molecule has 0 heterocycles. The van der Waals surface area contributed by atoms with Crippen LogP contribution >= 0.6 is 11.8 Å².